The van der Waals surface area contributed by atoms with Crippen molar-refractivity contribution in [3.05, 3.63) is 33.8 Å². The van der Waals surface area contributed by atoms with Crippen LogP contribution >= 0.6 is 35.4 Å². The molecule has 0 aliphatic rings. The minimum Gasteiger partial charge on any atom is -0.497 e. The lowest BCUT2D eigenvalue weighted by Gasteiger charge is -2.10. The molecule has 1 aromatic heterocycles. The van der Waals surface area contributed by atoms with Gasteiger partial charge in [0.05, 0.1) is 17.8 Å². The average Bonchev–Trinajstić information content (AvgIpc) is 2.90. The van der Waals surface area contributed by atoms with Gasteiger partial charge in [-0.25, -0.2) is 8.78 Å². The van der Waals surface area contributed by atoms with Gasteiger partial charge in [0.1, 0.15) is 15.6 Å². The van der Waals surface area contributed by atoms with Crippen LogP contribution in [-0.2, 0) is 0 Å². The molecule has 1 heterocycles. The number of aromatic nitrogens is 2. The number of hydrogen-bond donors (Lipinski definition) is 1. The van der Waals surface area contributed by atoms with E-state index in [1.54, 1.807) is 18.2 Å². The van der Waals surface area contributed by atoms with Gasteiger partial charge in [-0.1, -0.05) is 28.3 Å². The minimum absolute atomic E-state index is 0.0994. The number of anilines is 1. The summed E-state index contributed by atoms with van der Waals surface area (Å²) in [6, 6.07) is 4.91. The molecule has 20 heavy (non-hydrogen) atoms. The normalized spacial score (nSPS) is 10.7. The number of methoxy groups -OCH3 is 1. The smallest absolute Gasteiger partial charge is 0.283 e. The third-order valence-electron chi connectivity index (χ3n) is 2.35. The first-order chi connectivity index (χ1) is 9.52. The number of alkyl halides is 2. The Morgan fingerprint density at radius 1 is 1.50 bits per heavy atom. The molecule has 0 radical (unpaired) electrons. The van der Waals surface area contributed by atoms with Crippen LogP contribution < -0.4 is 10.1 Å². The van der Waals surface area contributed by atoms with E-state index in [0.29, 0.717) is 16.5 Å². The number of halogens is 3. The first-order valence-electron chi connectivity index (χ1n) is 5.28. The van der Waals surface area contributed by atoms with Crippen molar-refractivity contribution in [1.29, 1.82) is 0 Å². The Morgan fingerprint density at radius 2 is 2.25 bits per heavy atom. The van der Waals surface area contributed by atoms with Gasteiger partial charge in [0.15, 0.2) is 5.69 Å². The molecular formula is C11H8ClF2N3OS2. The van der Waals surface area contributed by atoms with Gasteiger partial charge in [-0.15, -0.1) is 5.10 Å². The molecule has 0 amide bonds. The Kier molecular flexibility index (Phi) is 4.79. The highest BCUT2D eigenvalue weighted by molar-refractivity contribution is 7.81. The zero-order chi connectivity index (χ0) is 14.7. The van der Waals surface area contributed by atoms with Gasteiger partial charge in [0.25, 0.3) is 6.43 Å². The summed E-state index contributed by atoms with van der Waals surface area (Å²) in [7, 11) is 1.52. The second kappa shape index (κ2) is 6.38. The number of hydrogen-bond acceptors (Lipinski definition) is 5. The van der Waals surface area contributed by atoms with Crippen molar-refractivity contribution in [3.8, 4) is 5.75 Å². The molecule has 0 bridgehead atoms. The number of nitrogens with zero attached hydrogens (tertiary/aromatic N) is 2. The number of benzene rings is 1. The predicted molar refractivity (Wildman–Crippen MR) is 78.2 cm³/mol. The van der Waals surface area contributed by atoms with Crippen LogP contribution in [0.15, 0.2) is 18.2 Å². The Hall–Kier alpha value is -1.38. The molecule has 106 valence electrons. The van der Waals surface area contributed by atoms with E-state index in [0.717, 1.165) is 11.5 Å². The highest BCUT2D eigenvalue weighted by atomic mass is 35.5. The summed E-state index contributed by atoms with van der Waals surface area (Å²) in [5.74, 6) is 0.583. The molecule has 0 unspecified atom stereocenters. The van der Waals surface area contributed by atoms with E-state index in [1.807, 2.05) is 0 Å². The molecule has 0 aliphatic carbocycles. The average molecular weight is 336 g/mol. The van der Waals surface area contributed by atoms with E-state index in [4.69, 9.17) is 28.6 Å². The molecule has 0 spiro atoms. The SMILES string of the molecule is COc1ccc(NC(=S)c2snnc2C(F)F)c(Cl)c1. The summed E-state index contributed by atoms with van der Waals surface area (Å²) in [5, 5.41) is 6.53. The van der Waals surface area contributed by atoms with Crippen LogP contribution in [0.1, 0.15) is 17.0 Å². The molecule has 0 aliphatic heterocycles. The number of ether oxygens (including phenoxy) is 1. The lowest BCUT2D eigenvalue weighted by Crippen LogP contribution is -2.11. The first kappa shape index (κ1) is 15.0. The Morgan fingerprint density at radius 3 is 2.85 bits per heavy atom. The molecule has 0 fully saturated rings. The zero-order valence-electron chi connectivity index (χ0n) is 10.1. The molecule has 0 saturated heterocycles. The summed E-state index contributed by atoms with van der Waals surface area (Å²) < 4.78 is 33.9. The van der Waals surface area contributed by atoms with Gasteiger partial charge in [0, 0.05) is 6.07 Å². The molecule has 0 atom stereocenters. The zero-order valence-corrected chi connectivity index (χ0v) is 12.5. The van der Waals surface area contributed by atoms with E-state index in [-0.39, 0.29) is 9.87 Å². The van der Waals surface area contributed by atoms with Crippen LogP contribution in [0, 0.1) is 0 Å². The van der Waals surface area contributed by atoms with Gasteiger partial charge in [-0.05, 0) is 23.7 Å². The quantitative estimate of drug-likeness (QED) is 0.858. The fraction of sp³-hybridized carbons (Fsp3) is 0.182. The fourth-order valence-electron chi connectivity index (χ4n) is 1.40. The number of nitrogens with one attached hydrogen (secondary N) is 1. The molecule has 4 nitrogen and oxygen atoms in total. The Labute approximate surface area is 127 Å². The maximum Gasteiger partial charge on any atom is 0.283 e. The van der Waals surface area contributed by atoms with Crippen LogP contribution in [0.2, 0.25) is 5.02 Å². The van der Waals surface area contributed by atoms with E-state index >= 15 is 0 Å². The van der Waals surface area contributed by atoms with Crippen LogP contribution in [-0.4, -0.2) is 21.7 Å². The van der Waals surface area contributed by atoms with Crippen LogP contribution in [0.25, 0.3) is 0 Å². The summed E-state index contributed by atoms with van der Waals surface area (Å²) >= 11 is 11.9. The number of rotatable bonds is 4. The first-order valence-corrected chi connectivity index (χ1v) is 6.84. The highest BCUT2D eigenvalue weighted by Gasteiger charge is 2.21. The molecule has 9 heteroatoms. The van der Waals surface area contributed by atoms with Gasteiger partial charge in [-0.3, -0.25) is 0 Å². The van der Waals surface area contributed by atoms with Crippen LogP contribution in [0.4, 0.5) is 14.5 Å². The van der Waals surface area contributed by atoms with E-state index in [1.165, 1.54) is 7.11 Å². The van der Waals surface area contributed by atoms with Crippen molar-refractivity contribution in [2.24, 2.45) is 0 Å². The third kappa shape index (κ3) is 3.20. The summed E-state index contributed by atoms with van der Waals surface area (Å²) in [6.45, 7) is 0. The van der Waals surface area contributed by atoms with Crippen molar-refractivity contribution in [1.82, 2.24) is 9.59 Å². The maximum atomic E-state index is 12.7. The van der Waals surface area contributed by atoms with Crippen molar-refractivity contribution in [2.45, 2.75) is 6.43 Å². The maximum absolute atomic E-state index is 12.7. The second-order valence-corrected chi connectivity index (χ2v) is 5.16. The predicted octanol–water partition coefficient (Wildman–Crippen LogP) is 3.93. The third-order valence-corrected chi connectivity index (χ3v) is 3.86. The van der Waals surface area contributed by atoms with Crippen molar-refractivity contribution >= 4 is 46.0 Å². The topological polar surface area (TPSA) is 47.0 Å². The Balaban J connectivity index is 2.21. The van der Waals surface area contributed by atoms with Gasteiger partial charge >= 0.3 is 0 Å². The largest absolute Gasteiger partial charge is 0.497 e. The summed E-state index contributed by atoms with van der Waals surface area (Å²) in [6.07, 6.45) is -2.73. The molecule has 1 N–H and O–H groups in total. The highest BCUT2D eigenvalue weighted by Crippen LogP contribution is 2.29. The van der Waals surface area contributed by atoms with Crippen molar-refractivity contribution in [2.75, 3.05) is 12.4 Å². The molecule has 2 aromatic rings. The summed E-state index contributed by atoms with van der Waals surface area (Å²) in [4.78, 5) is 0.226. The number of thiocarbonyl (C=S) groups is 1. The van der Waals surface area contributed by atoms with E-state index in [9.17, 15) is 8.78 Å². The van der Waals surface area contributed by atoms with E-state index in [2.05, 4.69) is 14.9 Å². The molecule has 0 saturated carbocycles. The van der Waals surface area contributed by atoms with Crippen LogP contribution in [0.3, 0.4) is 0 Å². The van der Waals surface area contributed by atoms with E-state index < -0.39 is 12.1 Å². The second-order valence-electron chi connectivity index (χ2n) is 3.59. The van der Waals surface area contributed by atoms with Crippen LogP contribution in [0.5, 0.6) is 5.75 Å². The standard InChI is InChI=1S/C11H8ClF2N3OS2/c1-18-5-2-3-7(6(12)4-5)15-11(19)9-8(10(13)14)16-17-20-9/h2-4,10H,1H3,(H,15,19). The Bertz CT molecular complexity index is 636. The monoisotopic (exact) mass is 335 g/mol. The molecular weight excluding hydrogens is 328 g/mol. The van der Waals surface area contributed by atoms with Gasteiger partial charge in [-0.2, -0.15) is 0 Å². The summed E-state index contributed by atoms with van der Waals surface area (Å²) in [5.41, 5.74) is 0.0585. The molecule has 1 aromatic carbocycles. The van der Waals surface area contributed by atoms with Gasteiger partial charge in [0.2, 0.25) is 0 Å². The van der Waals surface area contributed by atoms with Gasteiger partial charge < -0.3 is 10.1 Å². The lowest BCUT2D eigenvalue weighted by molar-refractivity contribution is 0.146. The van der Waals surface area contributed by atoms with Crippen molar-refractivity contribution in [3.63, 3.8) is 0 Å². The lowest BCUT2D eigenvalue weighted by atomic mass is 10.3. The molecule has 2 rings (SSSR count). The van der Waals surface area contributed by atoms with Crippen molar-refractivity contribution < 1.29 is 13.5 Å². The minimum atomic E-state index is -2.73. The fourth-order valence-corrected chi connectivity index (χ4v) is 2.51.